The Labute approximate surface area is 104 Å². The number of carbonyl (C=O) groups is 1. The second-order valence-corrected chi connectivity index (χ2v) is 3.89. The van der Waals surface area contributed by atoms with Crippen molar-refractivity contribution >= 4 is 21.9 Å². The minimum Gasteiger partial charge on any atom is -0.466 e. The Morgan fingerprint density at radius 1 is 1.59 bits per heavy atom. The maximum Gasteiger partial charge on any atom is 0.310 e. The molecule has 17 heavy (non-hydrogen) atoms. The van der Waals surface area contributed by atoms with E-state index in [1.54, 1.807) is 6.92 Å². The zero-order valence-corrected chi connectivity index (χ0v) is 10.4. The van der Waals surface area contributed by atoms with E-state index in [-0.39, 0.29) is 23.1 Å². The van der Waals surface area contributed by atoms with Crippen LogP contribution in [-0.4, -0.2) is 17.6 Å². The fraction of sp³-hybridized carbons (Fsp3) is 0.400. The predicted molar refractivity (Wildman–Crippen MR) is 57.2 cm³/mol. The SMILES string of the molecule is CCOC(=O)Cc1cc(C(F)F)nc(F)c1Br. The zero-order chi connectivity index (χ0) is 13.0. The summed E-state index contributed by atoms with van der Waals surface area (Å²) in [5, 5.41) is 0. The Balaban J connectivity index is 3.01. The molecule has 0 saturated heterocycles. The zero-order valence-electron chi connectivity index (χ0n) is 8.84. The Morgan fingerprint density at radius 3 is 2.76 bits per heavy atom. The molecule has 0 aliphatic heterocycles. The van der Waals surface area contributed by atoms with Gasteiger partial charge in [0.15, 0.2) is 0 Å². The Kier molecular flexibility index (Phi) is 4.92. The van der Waals surface area contributed by atoms with Crippen molar-refractivity contribution in [3.05, 3.63) is 27.7 Å². The highest BCUT2D eigenvalue weighted by molar-refractivity contribution is 9.10. The van der Waals surface area contributed by atoms with Crippen LogP contribution in [0.2, 0.25) is 0 Å². The normalized spacial score (nSPS) is 10.7. The summed E-state index contributed by atoms with van der Waals surface area (Å²) in [6, 6.07) is 0.981. The molecule has 0 N–H and O–H groups in total. The number of nitrogens with zero attached hydrogens (tertiary/aromatic N) is 1. The van der Waals surface area contributed by atoms with E-state index in [2.05, 4.69) is 25.7 Å². The van der Waals surface area contributed by atoms with E-state index in [1.165, 1.54) is 0 Å². The molecular formula is C10H9BrF3NO2. The summed E-state index contributed by atoms with van der Waals surface area (Å²) in [4.78, 5) is 14.3. The minimum atomic E-state index is -2.89. The molecule has 0 spiro atoms. The van der Waals surface area contributed by atoms with E-state index in [9.17, 15) is 18.0 Å². The first kappa shape index (κ1) is 14.0. The maximum atomic E-state index is 13.2. The summed E-state index contributed by atoms with van der Waals surface area (Å²) in [7, 11) is 0. The van der Waals surface area contributed by atoms with Crippen LogP contribution in [0, 0.1) is 5.95 Å². The van der Waals surface area contributed by atoms with Crippen LogP contribution < -0.4 is 0 Å². The van der Waals surface area contributed by atoms with E-state index in [1.807, 2.05) is 0 Å². The summed E-state index contributed by atoms with van der Waals surface area (Å²) in [6.07, 6.45) is -3.17. The summed E-state index contributed by atoms with van der Waals surface area (Å²) in [6.45, 7) is 1.79. The van der Waals surface area contributed by atoms with E-state index in [0.717, 1.165) is 6.07 Å². The van der Waals surface area contributed by atoms with Crippen molar-refractivity contribution in [2.24, 2.45) is 0 Å². The van der Waals surface area contributed by atoms with Crippen LogP contribution in [0.5, 0.6) is 0 Å². The van der Waals surface area contributed by atoms with Gasteiger partial charge in [0.2, 0.25) is 5.95 Å². The molecule has 1 aromatic rings. The average Bonchev–Trinajstić information content (AvgIpc) is 2.24. The molecule has 0 unspecified atom stereocenters. The van der Waals surface area contributed by atoms with Gasteiger partial charge in [-0.15, -0.1) is 0 Å². The number of esters is 1. The van der Waals surface area contributed by atoms with Crippen LogP contribution in [-0.2, 0) is 16.0 Å². The van der Waals surface area contributed by atoms with Crippen molar-refractivity contribution in [2.45, 2.75) is 19.8 Å². The van der Waals surface area contributed by atoms with Gasteiger partial charge in [0.05, 0.1) is 17.5 Å². The van der Waals surface area contributed by atoms with Crippen molar-refractivity contribution in [1.82, 2.24) is 4.98 Å². The molecule has 3 nitrogen and oxygen atoms in total. The van der Waals surface area contributed by atoms with E-state index >= 15 is 0 Å². The lowest BCUT2D eigenvalue weighted by atomic mass is 10.1. The monoisotopic (exact) mass is 311 g/mol. The fourth-order valence-corrected chi connectivity index (χ4v) is 1.52. The molecule has 0 bridgehead atoms. The lowest BCUT2D eigenvalue weighted by Crippen LogP contribution is -2.10. The predicted octanol–water partition coefficient (Wildman–Crippen LogP) is 3.03. The number of aromatic nitrogens is 1. The van der Waals surface area contributed by atoms with E-state index in [4.69, 9.17) is 0 Å². The Morgan fingerprint density at radius 2 is 2.24 bits per heavy atom. The number of alkyl halides is 2. The molecule has 1 rings (SSSR count). The lowest BCUT2D eigenvalue weighted by molar-refractivity contribution is -0.142. The van der Waals surface area contributed by atoms with Crippen molar-refractivity contribution in [3.8, 4) is 0 Å². The van der Waals surface area contributed by atoms with Crippen LogP contribution in [0.4, 0.5) is 13.2 Å². The van der Waals surface area contributed by atoms with Gasteiger partial charge < -0.3 is 4.74 Å². The van der Waals surface area contributed by atoms with Gasteiger partial charge in [-0.3, -0.25) is 4.79 Å². The van der Waals surface area contributed by atoms with Crippen LogP contribution in [0.1, 0.15) is 24.6 Å². The van der Waals surface area contributed by atoms with Gasteiger partial charge in [-0.1, -0.05) is 0 Å². The minimum absolute atomic E-state index is 0.0891. The molecule has 0 aromatic carbocycles. The number of rotatable bonds is 4. The molecule has 0 amide bonds. The van der Waals surface area contributed by atoms with E-state index < -0.39 is 24.0 Å². The van der Waals surface area contributed by atoms with Gasteiger partial charge >= 0.3 is 5.97 Å². The van der Waals surface area contributed by atoms with Gasteiger partial charge in [0.25, 0.3) is 6.43 Å². The molecule has 0 radical (unpaired) electrons. The molecule has 0 atom stereocenters. The van der Waals surface area contributed by atoms with Gasteiger partial charge in [0, 0.05) is 0 Å². The number of pyridine rings is 1. The highest BCUT2D eigenvalue weighted by Crippen LogP contribution is 2.25. The fourth-order valence-electron chi connectivity index (χ4n) is 1.18. The van der Waals surface area contributed by atoms with Crippen LogP contribution in [0.3, 0.4) is 0 Å². The topological polar surface area (TPSA) is 39.2 Å². The second kappa shape index (κ2) is 6.00. The third-order valence-electron chi connectivity index (χ3n) is 1.88. The first-order valence-corrected chi connectivity index (χ1v) is 5.53. The number of hydrogen-bond acceptors (Lipinski definition) is 3. The average molecular weight is 312 g/mol. The van der Waals surface area contributed by atoms with Gasteiger partial charge in [-0.05, 0) is 34.5 Å². The highest BCUT2D eigenvalue weighted by atomic mass is 79.9. The lowest BCUT2D eigenvalue weighted by Gasteiger charge is -2.07. The molecule has 0 aliphatic rings. The summed E-state index contributed by atoms with van der Waals surface area (Å²) < 4.78 is 42.5. The second-order valence-electron chi connectivity index (χ2n) is 3.09. The van der Waals surface area contributed by atoms with Crippen LogP contribution >= 0.6 is 15.9 Å². The van der Waals surface area contributed by atoms with Gasteiger partial charge in [0.1, 0.15) is 5.69 Å². The smallest absolute Gasteiger partial charge is 0.310 e. The first-order chi connectivity index (χ1) is 7.95. The third-order valence-corrected chi connectivity index (χ3v) is 2.71. The quantitative estimate of drug-likeness (QED) is 0.634. The summed E-state index contributed by atoms with van der Waals surface area (Å²) in [5.41, 5.74) is -0.615. The third kappa shape index (κ3) is 3.69. The largest absolute Gasteiger partial charge is 0.466 e. The van der Waals surface area contributed by atoms with E-state index in [0.29, 0.717) is 0 Å². The molecule has 94 valence electrons. The number of hydrogen-bond donors (Lipinski definition) is 0. The maximum absolute atomic E-state index is 13.2. The number of ether oxygens (including phenoxy) is 1. The summed E-state index contributed by atoms with van der Waals surface area (Å²) >= 11 is 2.85. The Hall–Kier alpha value is -1.11. The van der Waals surface area contributed by atoms with Crippen LogP contribution in [0.25, 0.3) is 0 Å². The number of carbonyl (C=O) groups excluding carboxylic acids is 1. The van der Waals surface area contributed by atoms with Crippen molar-refractivity contribution in [1.29, 1.82) is 0 Å². The summed E-state index contributed by atoms with van der Waals surface area (Å²) in [5.74, 6) is -1.68. The van der Waals surface area contributed by atoms with Crippen molar-refractivity contribution < 1.29 is 22.7 Å². The van der Waals surface area contributed by atoms with Gasteiger partial charge in [-0.25, -0.2) is 13.8 Å². The molecule has 1 heterocycles. The molecule has 0 saturated carbocycles. The van der Waals surface area contributed by atoms with Crippen LogP contribution in [0.15, 0.2) is 10.5 Å². The number of halogens is 4. The molecule has 1 aromatic heterocycles. The highest BCUT2D eigenvalue weighted by Gasteiger charge is 2.18. The molecular weight excluding hydrogens is 303 g/mol. The molecule has 0 fully saturated rings. The first-order valence-electron chi connectivity index (χ1n) is 4.74. The Bertz CT molecular complexity index is 426. The standard InChI is InChI=1S/C10H9BrF3NO2/c1-2-17-7(16)4-5-3-6(9(12)13)15-10(14)8(5)11/h3,9H,2,4H2,1H3. The molecule has 0 aliphatic carbocycles. The van der Waals surface area contributed by atoms with Crippen molar-refractivity contribution in [2.75, 3.05) is 6.61 Å². The molecule has 7 heteroatoms. The van der Waals surface area contributed by atoms with Gasteiger partial charge in [-0.2, -0.15) is 4.39 Å². The van der Waals surface area contributed by atoms with Crippen molar-refractivity contribution in [3.63, 3.8) is 0 Å².